The number of thioether (sulfide) groups is 1. The third-order valence-corrected chi connectivity index (χ3v) is 3.47. The van der Waals surface area contributed by atoms with E-state index in [2.05, 4.69) is 25.3 Å². The number of carbonyl (C=O) groups excluding carboxylic acids is 3. The molecule has 1 unspecified atom stereocenters. The number of thiol groups is 2. The molecule has 0 radical (unpaired) electrons. The Bertz CT molecular complexity index is 351. The smallest absolute Gasteiger partial charge is 0.316 e. The van der Waals surface area contributed by atoms with Crippen LogP contribution in [0, 0.1) is 0 Å². The number of esters is 3. The molecule has 0 N–H and O–H groups in total. The summed E-state index contributed by atoms with van der Waals surface area (Å²) in [5.74, 6) is -0.916. The molecule has 0 rings (SSSR count). The van der Waals surface area contributed by atoms with Gasteiger partial charge in [-0.15, -0.1) is 0 Å². The van der Waals surface area contributed by atoms with E-state index < -0.39 is 18.0 Å². The normalized spacial score (nSPS) is 11.6. The fourth-order valence-corrected chi connectivity index (χ4v) is 1.94. The van der Waals surface area contributed by atoms with Crippen molar-refractivity contribution in [2.45, 2.75) is 25.4 Å². The number of hydrogen-bond donors (Lipinski definition) is 2. The molecule has 0 amide bonds. The first-order valence-corrected chi connectivity index (χ1v) is 9.40. The van der Waals surface area contributed by atoms with Gasteiger partial charge in [-0.1, -0.05) is 0 Å². The standard InChI is InChI=1S/C13H22O6S3/c1-22-9-13(16)17-5-3-2-4-10(19-12(15)8-21)6-18-11(14)7-20/h10,20-21H,2-9H2,1H3. The molecule has 6 nitrogen and oxygen atoms in total. The Kier molecular flexibility index (Phi) is 13.7. The third kappa shape index (κ3) is 12.0. The van der Waals surface area contributed by atoms with Gasteiger partial charge in [-0.3, -0.25) is 14.4 Å². The van der Waals surface area contributed by atoms with Crippen molar-refractivity contribution in [3.8, 4) is 0 Å². The predicted molar refractivity (Wildman–Crippen MR) is 91.7 cm³/mol. The Morgan fingerprint density at radius 1 is 1.00 bits per heavy atom. The summed E-state index contributed by atoms with van der Waals surface area (Å²) in [5, 5.41) is 0. The minimum atomic E-state index is -0.523. The summed E-state index contributed by atoms with van der Waals surface area (Å²) in [4.78, 5) is 33.5. The second-order valence-corrected chi connectivity index (χ2v) is 5.76. The maximum atomic E-state index is 11.3. The van der Waals surface area contributed by atoms with E-state index in [1.807, 2.05) is 6.26 Å². The van der Waals surface area contributed by atoms with Crippen LogP contribution in [0.15, 0.2) is 0 Å². The lowest BCUT2D eigenvalue weighted by Gasteiger charge is -2.17. The van der Waals surface area contributed by atoms with Gasteiger partial charge in [0, 0.05) is 0 Å². The Morgan fingerprint density at radius 3 is 2.27 bits per heavy atom. The molecular weight excluding hydrogens is 348 g/mol. The number of ether oxygens (including phenoxy) is 3. The molecule has 128 valence electrons. The lowest BCUT2D eigenvalue weighted by molar-refractivity contribution is -0.156. The molecular formula is C13H22O6S3. The van der Waals surface area contributed by atoms with Crippen LogP contribution in [0.3, 0.4) is 0 Å². The van der Waals surface area contributed by atoms with E-state index in [0.717, 1.165) is 0 Å². The Balaban J connectivity index is 3.98. The molecule has 0 saturated carbocycles. The Morgan fingerprint density at radius 2 is 1.68 bits per heavy atom. The number of rotatable bonds is 12. The second-order valence-electron chi connectivity index (χ2n) is 4.26. The minimum absolute atomic E-state index is 0.00876. The molecule has 0 heterocycles. The molecule has 9 heteroatoms. The minimum Gasteiger partial charge on any atom is -0.465 e. The van der Waals surface area contributed by atoms with Crippen LogP contribution < -0.4 is 0 Å². The van der Waals surface area contributed by atoms with Gasteiger partial charge in [0.2, 0.25) is 0 Å². The molecule has 0 saturated heterocycles. The molecule has 0 aromatic rings. The molecule has 0 aliphatic heterocycles. The molecule has 0 fully saturated rings. The van der Waals surface area contributed by atoms with Gasteiger partial charge >= 0.3 is 17.9 Å². The van der Waals surface area contributed by atoms with E-state index in [0.29, 0.717) is 31.6 Å². The lowest BCUT2D eigenvalue weighted by Crippen LogP contribution is -2.26. The second kappa shape index (κ2) is 14.1. The van der Waals surface area contributed by atoms with E-state index in [1.54, 1.807) is 0 Å². The Hall–Kier alpha value is -0.540. The molecule has 0 bridgehead atoms. The zero-order valence-electron chi connectivity index (χ0n) is 12.5. The predicted octanol–water partition coefficient (Wildman–Crippen LogP) is 1.38. The molecule has 0 aliphatic carbocycles. The summed E-state index contributed by atoms with van der Waals surface area (Å²) in [6.07, 6.45) is 3.14. The highest BCUT2D eigenvalue weighted by Crippen LogP contribution is 2.08. The number of unbranched alkanes of at least 4 members (excludes halogenated alkanes) is 1. The first-order chi connectivity index (χ1) is 10.5. The van der Waals surface area contributed by atoms with Crippen LogP contribution in [-0.4, -0.2) is 60.7 Å². The van der Waals surface area contributed by atoms with Gasteiger partial charge in [0.15, 0.2) is 0 Å². The first-order valence-electron chi connectivity index (χ1n) is 6.74. The summed E-state index contributed by atoms with van der Waals surface area (Å²) < 4.78 is 15.1. The molecule has 0 aromatic heterocycles. The Labute approximate surface area is 145 Å². The maximum Gasteiger partial charge on any atom is 0.316 e. The highest BCUT2D eigenvalue weighted by molar-refractivity contribution is 7.99. The highest BCUT2D eigenvalue weighted by atomic mass is 32.2. The van der Waals surface area contributed by atoms with Gasteiger partial charge in [0.25, 0.3) is 0 Å². The van der Waals surface area contributed by atoms with Crippen LogP contribution in [0.25, 0.3) is 0 Å². The van der Waals surface area contributed by atoms with Crippen LogP contribution in [0.2, 0.25) is 0 Å². The average Bonchev–Trinajstić information content (AvgIpc) is 2.51. The van der Waals surface area contributed by atoms with Crippen LogP contribution in [-0.2, 0) is 28.6 Å². The third-order valence-electron chi connectivity index (χ3n) is 2.43. The van der Waals surface area contributed by atoms with Crippen molar-refractivity contribution in [3.63, 3.8) is 0 Å². The SMILES string of the molecule is CSCC(=O)OCCCCC(COC(=O)CS)OC(=O)CS. The van der Waals surface area contributed by atoms with Gasteiger partial charge in [-0.25, -0.2) is 0 Å². The first kappa shape index (κ1) is 21.5. The topological polar surface area (TPSA) is 78.9 Å². The van der Waals surface area contributed by atoms with Crippen LogP contribution in [0.5, 0.6) is 0 Å². The van der Waals surface area contributed by atoms with Gasteiger partial charge in [0.05, 0.1) is 23.9 Å². The van der Waals surface area contributed by atoms with Gasteiger partial charge in [-0.05, 0) is 25.5 Å². The van der Waals surface area contributed by atoms with E-state index >= 15 is 0 Å². The van der Waals surface area contributed by atoms with E-state index in [4.69, 9.17) is 14.2 Å². The summed E-state index contributed by atoms with van der Waals surface area (Å²) in [6, 6.07) is 0. The van der Waals surface area contributed by atoms with E-state index in [-0.39, 0.29) is 24.1 Å². The number of hydrogen-bond acceptors (Lipinski definition) is 9. The van der Waals surface area contributed by atoms with Crippen molar-refractivity contribution in [2.24, 2.45) is 0 Å². The number of carbonyl (C=O) groups is 3. The van der Waals surface area contributed by atoms with Crippen molar-refractivity contribution < 1.29 is 28.6 Å². The zero-order valence-corrected chi connectivity index (χ0v) is 15.1. The molecule has 0 spiro atoms. The molecule has 22 heavy (non-hydrogen) atoms. The maximum absolute atomic E-state index is 11.3. The fourth-order valence-electron chi connectivity index (χ4n) is 1.45. The van der Waals surface area contributed by atoms with Gasteiger partial charge < -0.3 is 14.2 Å². The monoisotopic (exact) mass is 370 g/mol. The van der Waals surface area contributed by atoms with Gasteiger partial charge in [-0.2, -0.15) is 37.0 Å². The molecule has 1 atom stereocenters. The summed E-state index contributed by atoms with van der Waals surface area (Å²) in [7, 11) is 0. The fraction of sp³-hybridized carbons (Fsp3) is 0.769. The summed E-state index contributed by atoms with van der Waals surface area (Å²) in [5.41, 5.74) is 0. The van der Waals surface area contributed by atoms with E-state index in [9.17, 15) is 14.4 Å². The highest BCUT2D eigenvalue weighted by Gasteiger charge is 2.16. The van der Waals surface area contributed by atoms with Crippen LogP contribution in [0.4, 0.5) is 0 Å². The van der Waals surface area contributed by atoms with Gasteiger partial charge in [0.1, 0.15) is 12.7 Å². The van der Waals surface area contributed by atoms with Crippen LogP contribution in [0.1, 0.15) is 19.3 Å². The molecule has 0 aromatic carbocycles. The van der Waals surface area contributed by atoms with Crippen molar-refractivity contribution in [2.75, 3.05) is 36.7 Å². The van der Waals surface area contributed by atoms with Crippen molar-refractivity contribution in [1.82, 2.24) is 0 Å². The summed E-state index contributed by atoms with van der Waals surface area (Å²) in [6.45, 7) is 0.314. The molecule has 0 aliphatic rings. The quantitative estimate of drug-likeness (QED) is 0.232. The lowest BCUT2D eigenvalue weighted by atomic mass is 10.1. The largest absolute Gasteiger partial charge is 0.465 e. The van der Waals surface area contributed by atoms with E-state index in [1.165, 1.54) is 11.8 Å². The summed E-state index contributed by atoms with van der Waals surface area (Å²) >= 11 is 9.03. The van der Waals surface area contributed by atoms with Crippen molar-refractivity contribution in [3.05, 3.63) is 0 Å². The van der Waals surface area contributed by atoms with Crippen molar-refractivity contribution in [1.29, 1.82) is 0 Å². The van der Waals surface area contributed by atoms with Crippen molar-refractivity contribution >= 4 is 54.9 Å². The van der Waals surface area contributed by atoms with Crippen LogP contribution >= 0.6 is 37.0 Å². The average molecular weight is 371 g/mol. The zero-order chi connectivity index (χ0) is 16.8.